The molecule has 35 heavy (non-hydrogen) atoms. The number of ether oxygens (including phenoxy) is 2. The van der Waals surface area contributed by atoms with Crippen LogP contribution in [0.15, 0.2) is 18.2 Å². The van der Waals surface area contributed by atoms with Crippen LogP contribution in [-0.2, 0) is 35.2 Å². The number of likely N-dealkylation sites (tertiary alicyclic amines) is 1. The van der Waals surface area contributed by atoms with E-state index in [9.17, 15) is 28.0 Å². The first-order chi connectivity index (χ1) is 17.0. The third kappa shape index (κ3) is 7.20. The average molecular weight is 499 g/mol. The molecule has 2 N–H and O–H groups in total. The van der Waals surface area contributed by atoms with Crippen molar-refractivity contribution >= 4 is 23.7 Å². The first-order valence-corrected chi connectivity index (χ1v) is 11.3. The lowest BCUT2D eigenvalue weighted by atomic mass is 10.0. The predicted octanol–water partition coefficient (Wildman–Crippen LogP) is 1.68. The van der Waals surface area contributed by atoms with E-state index in [1.807, 2.05) is 0 Å². The Morgan fingerprint density at radius 2 is 1.91 bits per heavy atom. The fourth-order valence-electron chi connectivity index (χ4n) is 3.88. The van der Waals surface area contributed by atoms with Crippen LogP contribution in [0.3, 0.4) is 0 Å². The third-order valence-corrected chi connectivity index (χ3v) is 6.00. The van der Waals surface area contributed by atoms with E-state index in [1.54, 1.807) is 13.8 Å². The van der Waals surface area contributed by atoms with E-state index >= 15 is 0 Å². The first-order valence-electron chi connectivity index (χ1n) is 12.0. The lowest BCUT2D eigenvalue weighted by Gasteiger charge is -2.28. The van der Waals surface area contributed by atoms with Crippen molar-refractivity contribution in [2.75, 3.05) is 14.2 Å². The van der Waals surface area contributed by atoms with E-state index in [-0.39, 0.29) is 36.8 Å². The summed E-state index contributed by atoms with van der Waals surface area (Å²) >= 11 is 0. The molecule has 0 unspecified atom stereocenters. The van der Waals surface area contributed by atoms with Gasteiger partial charge in [0.1, 0.15) is 12.1 Å². The maximum Gasteiger partial charge on any atom is 0.328 e. The molecule has 9 nitrogen and oxygen atoms in total. The highest BCUT2D eigenvalue weighted by molar-refractivity contribution is 5.91. The van der Waals surface area contributed by atoms with Gasteiger partial charge < -0.3 is 25.0 Å². The Morgan fingerprint density at radius 1 is 1.20 bits per heavy atom. The highest BCUT2D eigenvalue weighted by Gasteiger charge is 2.36. The molecule has 1 aromatic carbocycles. The normalized spacial score (nSPS) is 18.6. The summed E-state index contributed by atoms with van der Waals surface area (Å²) in [6, 6.07) is 0.897. The molecule has 0 bridgehead atoms. The Labute approximate surface area is 204 Å². The molecule has 1 aliphatic heterocycles. The van der Waals surface area contributed by atoms with Crippen LogP contribution in [0.5, 0.6) is 0 Å². The lowest BCUT2D eigenvalue weighted by Crippen LogP contribution is -2.57. The van der Waals surface area contributed by atoms with Gasteiger partial charge in [-0.25, -0.2) is 13.6 Å². The molecule has 1 fully saturated rings. The molecule has 1 aliphatic rings. The fourth-order valence-corrected chi connectivity index (χ4v) is 3.88. The summed E-state index contributed by atoms with van der Waals surface area (Å²) in [7, 11) is 0.731. The predicted molar refractivity (Wildman–Crippen MR) is 122 cm³/mol. The number of halogens is 2. The number of nitrogens with one attached hydrogen (secondary N) is 2. The van der Waals surface area contributed by atoms with Gasteiger partial charge in [-0.3, -0.25) is 14.4 Å². The summed E-state index contributed by atoms with van der Waals surface area (Å²) in [4.78, 5) is 51.6. The molecule has 0 aromatic heterocycles. The highest BCUT2D eigenvalue weighted by atomic mass is 19.2. The first kappa shape index (κ1) is 26.5. The number of nitrogens with zero attached hydrogens (tertiary/aromatic N) is 1. The number of hydrogen-bond donors (Lipinski definition) is 2. The average Bonchev–Trinajstić information content (AvgIpc) is 3.16. The second-order valence-corrected chi connectivity index (χ2v) is 8.80. The van der Waals surface area contributed by atoms with Crippen molar-refractivity contribution in [2.24, 2.45) is 5.92 Å². The summed E-state index contributed by atoms with van der Waals surface area (Å²) in [5.74, 6) is -4.61. The van der Waals surface area contributed by atoms with Crippen LogP contribution in [0.1, 0.15) is 47.0 Å². The molecule has 2 rings (SSSR count). The topological polar surface area (TPSA) is 114 Å². The van der Waals surface area contributed by atoms with Gasteiger partial charge in [0, 0.05) is 38.1 Å². The molecule has 1 heterocycles. The van der Waals surface area contributed by atoms with E-state index in [2.05, 4.69) is 10.6 Å². The second-order valence-electron chi connectivity index (χ2n) is 8.80. The number of rotatable bonds is 11. The summed E-state index contributed by atoms with van der Waals surface area (Å²) < 4.78 is 44.9. The van der Waals surface area contributed by atoms with Crippen molar-refractivity contribution in [3.8, 4) is 0 Å². The Morgan fingerprint density at radius 3 is 2.54 bits per heavy atom. The van der Waals surface area contributed by atoms with Crippen molar-refractivity contribution in [1.29, 1.82) is 0 Å². The van der Waals surface area contributed by atoms with E-state index in [0.29, 0.717) is 6.42 Å². The Balaban J connectivity index is 2.13. The zero-order valence-electron chi connectivity index (χ0n) is 21.3. The van der Waals surface area contributed by atoms with Gasteiger partial charge in [0.2, 0.25) is 17.7 Å². The molecule has 1 saturated heterocycles. The van der Waals surface area contributed by atoms with Crippen molar-refractivity contribution in [2.45, 2.75) is 70.8 Å². The SMILES string of the molecule is [2H]CO[C@@H](C)[C@H](NC(=O)C[C@@H]1CCC(=O)N1Cc1cccc(F)c1F)C(=O)N[C@H](C(=O)OC)C(C)C. The van der Waals surface area contributed by atoms with Crippen LogP contribution in [0.4, 0.5) is 8.78 Å². The van der Waals surface area contributed by atoms with Gasteiger partial charge in [0.15, 0.2) is 11.6 Å². The molecule has 0 aliphatic carbocycles. The van der Waals surface area contributed by atoms with E-state index < -0.39 is 60.7 Å². The maximum absolute atomic E-state index is 14.1. The summed E-state index contributed by atoms with van der Waals surface area (Å²) in [6.07, 6.45) is -0.618. The minimum Gasteiger partial charge on any atom is -0.467 e. The number of amides is 3. The van der Waals surface area contributed by atoms with Gasteiger partial charge in [-0.05, 0) is 25.3 Å². The number of methoxy groups -OCH3 is 2. The van der Waals surface area contributed by atoms with Gasteiger partial charge >= 0.3 is 5.97 Å². The monoisotopic (exact) mass is 498 g/mol. The molecular weight excluding hydrogens is 464 g/mol. The molecule has 1 aromatic rings. The number of carbonyl (C=O) groups excluding carboxylic acids is 4. The number of benzene rings is 1. The third-order valence-electron chi connectivity index (χ3n) is 6.00. The Kier molecular flexibility index (Phi) is 9.53. The van der Waals surface area contributed by atoms with Crippen molar-refractivity contribution in [1.82, 2.24) is 15.5 Å². The smallest absolute Gasteiger partial charge is 0.328 e. The zero-order valence-corrected chi connectivity index (χ0v) is 20.3. The van der Waals surface area contributed by atoms with Crippen LogP contribution in [0.2, 0.25) is 0 Å². The molecule has 0 spiro atoms. The summed E-state index contributed by atoms with van der Waals surface area (Å²) in [6.45, 7) is 4.73. The summed E-state index contributed by atoms with van der Waals surface area (Å²) in [5.41, 5.74) is -0.00656. The molecule has 0 saturated carbocycles. The van der Waals surface area contributed by atoms with Gasteiger partial charge in [0.05, 0.1) is 14.6 Å². The van der Waals surface area contributed by atoms with Crippen molar-refractivity contribution in [3.05, 3.63) is 35.4 Å². The zero-order chi connectivity index (χ0) is 27.0. The van der Waals surface area contributed by atoms with Gasteiger partial charge in [-0.1, -0.05) is 26.0 Å². The molecule has 194 valence electrons. The van der Waals surface area contributed by atoms with Crippen molar-refractivity contribution in [3.63, 3.8) is 0 Å². The highest BCUT2D eigenvalue weighted by Crippen LogP contribution is 2.25. The van der Waals surface area contributed by atoms with E-state index in [0.717, 1.165) is 6.07 Å². The Bertz CT molecular complexity index is 964. The molecule has 0 radical (unpaired) electrons. The lowest BCUT2D eigenvalue weighted by molar-refractivity contribution is -0.147. The van der Waals surface area contributed by atoms with Gasteiger partial charge in [-0.15, -0.1) is 0 Å². The van der Waals surface area contributed by atoms with Crippen LogP contribution in [0, 0.1) is 17.6 Å². The quantitative estimate of drug-likeness (QED) is 0.449. The molecular formula is C24H33F2N3O6. The molecule has 11 heteroatoms. The number of carbonyl (C=O) groups is 4. The van der Waals surface area contributed by atoms with Crippen LogP contribution >= 0.6 is 0 Å². The number of esters is 1. The van der Waals surface area contributed by atoms with Crippen molar-refractivity contribution < 1.29 is 38.8 Å². The van der Waals surface area contributed by atoms with E-state index in [4.69, 9.17) is 10.8 Å². The summed E-state index contributed by atoms with van der Waals surface area (Å²) in [5, 5.41) is 5.12. The van der Waals surface area contributed by atoms with Crippen LogP contribution in [0.25, 0.3) is 0 Å². The fraction of sp³-hybridized carbons (Fsp3) is 0.583. The largest absolute Gasteiger partial charge is 0.467 e. The van der Waals surface area contributed by atoms with Gasteiger partial charge in [-0.2, -0.15) is 0 Å². The standard InChI is InChI=1S/C24H33F2N3O6/c1-13(2)21(24(33)35-5)28-23(32)22(14(3)34-4)27-18(30)11-16-9-10-19(31)29(16)12-15-7-6-8-17(25)20(15)26/h6-8,13-14,16,21-22H,9-12H2,1-5H3,(H,27,30)(H,28,32)/t14-,16-,21-,22-/m0/s1/i4D. The molecule has 3 amide bonds. The Hall–Kier alpha value is -3.08. The molecule has 4 atom stereocenters. The van der Waals surface area contributed by atoms with E-state index in [1.165, 1.54) is 31.1 Å². The van der Waals surface area contributed by atoms with Gasteiger partial charge in [0.25, 0.3) is 0 Å². The maximum atomic E-state index is 14.1. The van der Waals surface area contributed by atoms with Crippen LogP contribution in [-0.4, -0.2) is 67.0 Å². The minimum atomic E-state index is -1.24. The van der Waals surface area contributed by atoms with Crippen LogP contribution < -0.4 is 10.6 Å². The minimum absolute atomic E-state index is 0.00656. The second kappa shape index (κ2) is 12.6. The number of hydrogen-bond acceptors (Lipinski definition) is 6.